The first-order chi connectivity index (χ1) is 17.8. The second-order valence-electron chi connectivity index (χ2n) is 11.7. The Balaban J connectivity index is 1.09. The molecule has 5 aliphatic rings. The molecule has 9 atom stereocenters. The minimum absolute atomic E-state index is 0.00102. The summed E-state index contributed by atoms with van der Waals surface area (Å²) in [5.74, 6) is -1.65. The van der Waals surface area contributed by atoms with Crippen LogP contribution in [0, 0.1) is 17.8 Å². The number of carbonyl (C=O) groups is 1. The lowest BCUT2D eigenvalue weighted by atomic mass is 9.73. The monoisotopic (exact) mass is 531 g/mol. The van der Waals surface area contributed by atoms with Gasteiger partial charge >= 0.3 is 6.18 Å². The lowest BCUT2D eigenvalue weighted by molar-refractivity contribution is -0.200. The van der Waals surface area contributed by atoms with E-state index in [9.17, 15) is 18.0 Å². The molecule has 8 unspecified atom stereocenters. The summed E-state index contributed by atoms with van der Waals surface area (Å²) in [5.41, 5.74) is 6.83. The fourth-order valence-electron chi connectivity index (χ4n) is 7.12. The van der Waals surface area contributed by atoms with Crippen LogP contribution in [0.5, 0.6) is 0 Å². The Kier molecular flexibility index (Phi) is 8.94. The van der Waals surface area contributed by atoms with Crippen molar-refractivity contribution in [3.05, 3.63) is 0 Å². The summed E-state index contributed by atoms with van der Waals surface area (Å²) in [7, 11) is 2.13. The van der Waals surface area contributed by atoms with Crippen molar-refractivity contribution in [1.82, 2.24) is 37.0 Å². The number of amides is 1. The SMILES string of the molecule is CN1C(CNC2CCCC(C(=O)N[C@H]3CCOC4CCC(C(F)(F)F)CC43)C2)NNC1C1CCNCN1. The minimum Gasteiger partial charge on any atom is -0.378 e. The van der Waals surface area contributed by atoms with Gasteiger partial charge in [0.05, 0.1) is 24.4 Å². The van der Waals surface area contributed by atoms with E-state index < -0.39 is 12.1 Å². The zero-order valence-electron chi connectivity index (χ0n) is 21.8. The summed E-state index contributed by atoms with van der Waals surface area (Å²) < 4.78 is 46.0. The molecule has 0 aromatic heterocycles. The Bertz CT molecular complexity index is 769. The van der Waals surface area contributed by atoms with Gasteiger partial charge in [0.2, 0.25) is 5.91 Å². The van der Waals surface area contributed by atoms with Crippen molar-refractivity contribution in [2.24, 2.45) is 17.8 Å². The molecule has 9 nitrogen and oxygen atoms in total. The Hall–Kier alpha value is -1.02. The summed E-state index contributed by atoms with van der Waals surface area (Å²) in [6.45, 7) is 3.10. The number of nitrogens with one attached hydrogen (secondary N) is 6. The van der Waals surface area contributed by atoms with Crippen molar-refractivity contribution in [1.29, 1.82) is 0 Å². The Morgan fingerprint density at radius 2 is 1.95 bits per heavy atom. The van der Waals surface area contributed by atoms with Gasteiger partial charge < -0.3 is 20.7 Å². The zero-order valence-corrected chi connectivity index (χ0v) is 21.8. The smallest absolute Gasteiger partial charge is 0.378 e. The summed E-state index contributed by atoms with van der Waals surface area (Å²) in [6, 6.07) is 0.405. The normalized spacial score (nSPS) is 41.8. The van der Waals surface area contributed by atoms with Crippen LogP contribution in [-0.4, -0.2) is 87.0 Å². The topological polar surface area (TPSA) is 102 Å². The van der Waals surface area contributed by atoms with Gasteiger partial charge in [-0.2, -0.15) is 13.2 Å². The van der Waals surface area contributed by atoms with E-state index in [0.717, 1.165) is 51.9 Å². The predicted octanol–water partition coefficient (Wildman–Crippen LogP) is 0.988. The van der Waals surface area contributed by atoms with Crippen LogP contribution in [-0.2, 0) is 9.53 Å². The molecule has 2 saturated carbocycles. The Labute approximate surface area is 217 Å². The average Bonchev–Trinajstić information content (AvgIpc) is 3.27. The van der Waals surface area contributed by atoms with Crippen LogP contribution < -0.4 is 32.1 Å². The summed E-state index contributed by atoms with van der Waals surface area (Å²) >= 11 is 0. The van der Waals surface area contributed by atoms with Gasteiger partial charge in [-0.25, -0.2) is 10.9 Å². The van der Waals surface area contributed by atoms with Crippen molar-refractivity contribution in [3.8, 4) is 0 Å². The lowest BCUT2D eigenvalue weighted by Crippen LogP contribution is -2.58. The number of alkyl halides is 3. The van der Waals surface area contributed by atoms with Crippen molar-refractivity contribution in [2.45, 2.75) is 101 Å². The number of halogens is 3. The number of nitrogens with zero attached hydrogens (tertiary/aromatic N) is 1. The second-order valence-corrected chi connectivity index (χ2v) is 11.7. The maximum Gasteiger partial charge on any atom is 0.391 e. The van der Waals surface area contributed by atoms with E-state index in [2.05, 4.69) is 44.1 Å². The molecule has 212 valence electrons. The molecule has 3 aliphatic heterocycles. The fourth-order valence-corrected chi connectivity index (χ4v) is 7.12. The van der Waals surface area contributed by atoms with Crippen LogP contribution in [0.25, 0.3) is 0 Å². The molecular formula is C25H44F3N7O2. The van der Waals surface area contributed by atoms with Gasteiger partial charge in [0, 0.05) is 49.8 Å². The largest absolute Gasteiger partial charge is 0.391 e. The van der Waals surface area contributed by atoms with E-state index in [1.54, 1.807) is 0 Å². The number of rotatable bonds is 6. The molecule has 0 bridgehead atoms. The third kappa shape index (κ3) is 6.59. The van der Waals surface area contributed by atoms with E-state index >= 15 is 0 Å². The Morgan fingerprint density at radius 1 is 1.08 bits per heavy atom. The molecule has 3 saturated heterocycles. The van der Waals surface area contributed by atoms with Crippen LogP contribution in [0.4, 0.5) is 13.2 Å². The Morgan fingerprint density at radius 3 is 2.73 bits per heavy atom. The number of hydrazine groups is 1. The molecular weight excluding hydrogens is 487 g/mol. The summed E-state index contributed by atoms with van der Waals surface area (Å²) in [5, 5.41) is 13.7. The van der Waals surface area contributed by atoms with Gasteiger partial charge in [-0.3, -0.25) is 15.0 Å². The van der Waals surface area contributed by atoms with Gasteiger partial charge in [0.1, 0.15) is 0 Å². The first-order valence-electron chi connectivity index (χ1n) is 14.2. The lowest BCUT2D eigenvalue weighted by Gasteiger charge is -2.44. The first kappa shape index (κ1) is 27.5. The highest BCUT2D eigenvalue weighted by molar-refractivity contribution is 5.79. The molecule has 0 spiro atoms. The zero-order chi connectivity index (χ0) is 26.0. The third-order valence-electron chi connectivity index (χ3n) is 9.38. The highest BCUT2D eigenvalue weighted by Gasteiger charge is 2.48. The van der Waals surface area contributed by atoms with Crippen molar-refractivity contribution < 1.29 is 22.7 Å². The van der Waals surface area contributed by atoms with E-state index in [1.807, 2.05) is 0 Å². The molecule has 6 N–H and O–H groups in total. The number of fused-ring (bicyclic) bond motifs is 1. The highest BCUT2D eigenvalue weighted by Crippen LogP contribution is 2.44. The maximum absolute atomic E-state index is 13.4. The summed E-state index contributed by atoms with van der Waals surface area (Å²) in [4.78, 5) is 15.6. The van der Waals surface area contributed by atoms with Crippen LogP contribution >= 0.6 is 0 Å². The van der Waals surface area contributed by atoms with E-state index in [-0.39, 0.29) is 61.1 Å². The van der Waals surface area contributed by atoms with Gasteiger partial charge in [-0.1, -0.05) is 6.42 Å². The van der Waals surface area contributed by atoms with Gasteiger partial charge in [-0.15, -0.1) is 0 Å². The molecule has 5 rings (SSSR count). The number of carbonyl (C=O) groups excluding carboxylic acids is 1. The van der Waals surface area contributed by atoms with Crippen LogP contribution in [0.1, 0.15) is 57.8 Å². The minimum atomic E-state index is -4.18. The molecule has 2 aliphatic carbocycles. The number of likely N-dealkylation sites (N-methyl/N-ethyl adjacent to an activating group) is 1. The van der Waals surface area contributed by atoms with Crippen molar-refractivity contribution in [3.63, 3.8) is 0 Å². The predicted molar refractivity (Wildman–Crippen MR) is 133 cm³/mol. The fraction of sp³-hybridized carbons (Fsp3) is 0.960. The summed E-state index contributed by atoms with van der Waals surface area (Å²) in [6.07, 6.45) is 1.87. The molecule has 37 heavy (non-hydrogen) atoms. The number of hydrogen-bond donors (Lipinski definition) is 6. The molecule has 3 heterocycles. The van der Waals surface area contributed by atoms with E-state index in [1.165, 1.54) is 0 Å². The van der Waals surface area contributed by atoms with Crippen LogP contribution in [0.3, 0.4) is 0 Å². The van der Waals surface area contributed by atoms with Crippen molar-refractivity contribution >= 4 is 5.91 Å². The van der Waals surface area contributed by atoms with Gasteiger partial charge in [0.25, 0.3) is 0 Å². The van der Waals surface area contributed by atoms with Crippen molar-refractivity contribution in [2.75, 3.05) is 33.4 Å². The first-order valence-corrected chi connectivity index (χ1v) is 14.2. The second kappa shape index (κ2) is 12.0. The van der Waals surface area contributed by atoms with Gasteiger partial charge in [-0.05, 0) is 65.0 Å². The molecule has 0 aromatic carbocycles. The third-order valence-corrected chi connectivity index (χ3v) is 9.38. The standard InChI is InChI=1S/C25H44F3N7O2/c1-35-22(33-34-23(35)20-7-9-29-14-31-20)13-30-17-4-2-3-15(11-17)24(36)32-19-8-10-37-21-6-5-16(12-18(19)21)25(26,27)28/h15-23,29-31,33-34H,2-14H2,1H3,(H,32,36)/t15?,16?,17?,18?,19-,20?,21?,22?,23?/m0/s1. The number of hydrogen-bond acceptors (Lipinski definition) is 8. The van der Waals surface area contributed by atoms with E-state index in [4.69, 9.17) is 4.74 Å². The number of ether oxygens (including phenoxy) is 1. The molecule has 0 aromatic rings. The van der Waals surface area contributed by atoms with E-state index in [0.29, 0.717) is 25.5 Å². The highest BCUT2D eigenvalue weighted by atomic mass is 19.4. The molecule has 0 radical (unpaired) electrons. The average molecular weight is 532 g/mol. The van der Waals surface area contributed by atoms with Gasteiger partial charge in [0.15, 0.2) is 0 Å². The van der Waals surface area contributed by atoms with Crippen LogP contribution in [0.2, 0.25) is 0 Å². The molecule has 1 amide bonds. The quantitative estimate of drug-likeness (QED) is 0.302. The maximum atomic E-state index is 13.4. The van der Waals surface area contributed by atoms with Crippen LogP contribution in [0.15, 0.2) is 0 Å². The molecule has 12 heteroatoms. The molecule has 5 fully saturated rings.